The summed E-state index contributed by atoms with van der Waals surface area (Å²) in [5.74, 6) is 0.922. The van der Waals surface area contributed by atoms with Gasteiger partial charge >= 0.3 is 0 Å². The lowest BCUT2D eigenvalue weighted by Gasteiger charge is -2.08. The number of amides is 1. The van der Waals surface area contributed by atoms with Gasteiger partial charge in [0.15, 0.2) is 0 Å². The van der Waals surface area contributed by atoms with Gasteiger partial charge in [0.25, 0.3) is 0 Å². The second kappa shape index (κ2) is 10.5. The van der Waals surface area contributed by atoms with Gasteiger partial charge in [-0.1, -0.05) is 12.1 Å². The molecule has 0 radical (unpaired) electrons. The van der Waals surface area contributed by atoms with Crippen molar-refractivity contribution in [2.45, 2.75) is 39.2 Å². The monoisotopic (exact) mass is 300 g/mol. The van der Waals surface area contributed by atoms with E-state index < -0.39 is 0 Å². The Balaban J connectivity index is 0.00000361. The van der Waals surface area contributed by atoms with Crippen molar-refractivity contribution in [3.05, 3.63) is 29.8 Å². The molecule has 1 unspecified atom stereocenters. The van der Waals surface area contributed by atoms with Gasteiger partial charge in [-0.2, -0.15) is 0 Å². The molecule has 0 fully saturated rings. The molecule has 0 aliphatic heterocycles. The number of hydrogen-bond acceptors (Lipinski definition) is 3. The number of nitrogens with two attached hydrogens (primary N) is 1. The molecule has 0 aliphatic rings. The normalized spacial score (nSPS) is 11.3. The largest absolute Gasteiger partial charge is 0.494 e. The molecule has 20 heavy (non-hydrogen) atoms. The average molecular weight is 301 g/mol. The van der Waals surface area contributed by atoms with Crippen molar-refractivity contribution in [1.82, 2.24) is 5.32 Å². The van der Waals surface area contributed by atoms with Gasteiger partial charge in [0.1, 0.15) is 5.75 Å². The van der Waals surface area contributed by atoms with Crippen LogP contribution in [0.3, 0.4) is 0 Å². The van der Waals surface area contributed by atoms with Crippen LogP contribution in [0.15, 0.2) is 24.3 Å². The molecule has 0 aromatic heterocycles. The molecule has 1 rings (SSSR count). The fourth-order valence-electron chi connectivity index (χ4n) is 1.66. The maximum absolute atomic E-state index is 11.5. The number of ether oxygens (including phenoxy) is 1. The second-order valence-electron chi connectivity index (χ2n) is 4.88. The van der Waals surface area contributed by atoms with E-state index in [1.165, 1.54) is 5.56 Å². The van der Waals surface area contributed by atoms with Crippen molar-refractivity contribution in [2.24, 2.45) is 5.73 Å². The summed E-state index contributed by atoms with van der Waals surface area (Å²) in [5, 5.41) is 2.85. The van der Waals surface area contributed by atoms with Crippen molar-refractivity contribution in [3.63, 3.8) is 0 Å². The number of rotatable bonds is 8. The standard InChI is InChI=1S/C15H24N2O2.ClH/c1-12-5-3-6-14(11-12)19-10-4-7-15(18)17-9-8-13(2)16;/h3,5-6,11,13H,4,7-10,16H2,1-2H3,(H,17,18);1H. The van der Waals surface area contributed by atoms with Gasteiger partial charge in [-0.05, 0) is 44.4 Å². The molecule has 1 aromatic rings. The predicted octanol–water partition coefficient (Wildman–Crippen LogP) is 2.43. The zero-order valence-electron chi connectivity index (χ0n) is 12.2. The number of carbonyl (C=O) groups excluding carboxylic acids is 1. The summed E-state index contributed by atoms with van der Waals surface area (Å²) in [6.07, 6.45) is 2.02. The van der Waals surface area contributed by atoms with Crippen LogP contribution in [0.25, 0.3) is 0 Å². The summed E-state index contributed by atoms with van der Waals surface area (Å²) in [6.45, 7) is 5.17. The molecule has 0 spiro atoms. The first-order chi connectivity index (χ1) is 9.08. The first-order valence-electron chi connectivity index (χ1n) is 6.79. The van der Waals surface area contributed by atoms with Crippen molar-refractivity contribution in [2.75, 3.05) is 13.2 Å². The number of aryl methyl sites for hydroxylation is 1. The summed E-state index contributed by atoms with van der Waals surface area (Å²) in [6, 6.07) is 8.03. The van der Waals surface area contributed by atoms with Crippen molar-refractivity contribution < 1.29 is 9.53 Å². The maximum Gasteiger partial charge on any atom is 0.220 e. The summed E-state index contributed by atoms with van der Waals surface area (Å²) < 4.78 is 5.58. The lowest BCUT2D eigenvalue weighted by atomic mass is 10.2. The van der Waals surface area contributed by atoms with Gasteiger partial charge in [0.05, 0.1) is 6.61 Å². The molecule has 1 amide bonds. The van der Waals surface area contributed by atoms with Crippen LogP contribution in [0.5, 0.6) is 5.75 Å². The molecule has 3 N–H and O–H groups in total. The third kappa shape index (κ3) is 8.77. The lowest BCUT2D eigenvalue weighted by molar-refractivity contribution is -0.121. The maximum atomic E-state index is 11.5. The zero-order chi connectivity index (χ0) is 14.1. The van der Waals surface area contributed by atoms with Crippen LogP contribution in [-0.2, 0) is 4.79 Å². The van der Waals surface area contributed by atoms with Crippen LogP contribution in [0, 0.1) is 6.92 Å². The third-order valence-electron chi connectivity index (χ3n) is 2.73. The predicted molar refractivity (Wildman–Crippen MR) is 84.4 cm³/mol. The highest BCUT2D eigenvalue weighted by atomic mass is 35.5. The van der Waals surface area contributed by atoms with E-state index in [2.05, 4.69) is 5.32 Å². The highest BCUT2D eigenvalue weighted by Gasteiger charge is 2.02. The molecule has 0 aliphatic carbocycles. The van der Waals surface area contributed by atoms with Crippen LogP contribution in [0.4, 0.5) is 0 Å². The van der Waals surface area contributed by atoms with E-state index in [0.29, 0.717) is 19.6 Å². The Hall–Kier alpha value is -1.26. The molecule has 0 heterocycles. The smallest absolute Gasteiger partial charge is 0.220 e. The first kappa shape index (κ1) is 18.7. The van der Waals surface area contributed by atoms with Gasteiger partial charge in [-0.3, -0.25) is 4.79 Å². The van der Waals surface area contributed by atoms with Crippen LogP contribution in [-0.4, -0.2) is 25.1 Å². The minimum absolute atomic E-state index is 0. The van der Waals surface area contributed by atoms with E-state index in [-0.39, 0.29) is 24.4 Å². The quantitative estimate of drug-likeness (QED) is 0.725. The zero-order valence-corrected chi connectivity index (χ0v) is 13.0. The number of nitrogens with one attached hydrogen (secondary N) is 1. The third-order valence-corrected chi connectivity index (χ3v) is 2.73. The van der Waals surface area contributed by atoms with Gasteiger partial charge in [-0.15, -0.1) is 12.4 Å². The van der Waals surface area contributed by atoms with Crippen LogP contribution < -0.4 is 15.8 Å². The molecule has 0 saturated carbocycles. The Kier molecular flexibility index (Phi) is 9.86. The Morgan fingerprint density at radius 3 is 2.85 bits per heavy atom. The Bertz CT molecular complexity index is 397. The Morgan fingerprint density at radius 1 is 1.45 bits per heavy atom. The highest BCUT2D eigenvalue weighted by Crippen LogP contribution is 2.12. The molecule has 5 heteroatoms. The van der Waals surface area contributed by atoms with Crippen molar-refractivity contribution >= 4 is 18.3 Å². The molecule has 1 atom stereocenters. The number of benzene rings is 1. The fraction of sp³-hybridized carbons (Fsp3) is 0.533. The summed E-state index contributed by atoms with van der Waals surface area (Å²) in [4.78, 5) is 11.5. The molecule has 0 saturated heterocycles. The van der Waals surface area contributed by atoms with E-state index in [1.807, 2.05) is 38.1 Å². The van der Waals surface area contributed by atoms with E-state index in [0.717, 1.165) is 18.6 Å². The molecule has 114 valence electrons. The number of halogens is 1. The topological polar surface area (TPSA) is 64.3 Å². The summed E-state index contributed by atoms with van der Waals surface area (Å²) in [5.41, 5.74) is 6.78. The van der Waals surface area contributed by atoms with Gasteiger partial charge < -0.3 is 15.8 Å². The average Bonchev–Trinajstić information content (AvgIpc) is 2.34. The van der Waals surface area contributed by atoms with Gasteiger partial charge in [-0.25, -0.2) is 0 Å². The Morgan fingerprint density at radius 2 is 2.20 bits per heavy atom. The minimum atomic E-state index is 0. The fourth-order valence-corrected chi connectivity index (χ4v) is 1.66. The van der Waals surface area contributed by atoms with E-state index in [1.54, 1.807) is 0 Å². The first-order valence-corrected chi connectivity index (χ1v) is 6.79. The SMILES string of the molecule is Cc1cccc(OCCCC(=O)NCCC(C)N)c1.Cl. The molecule has 1 aromatic carbocycles. The molecular formula is C15H25ClN2O2. The number of carbonyl (C=O) groups is 1. The molecule has 4 nitrogen and oxygen atoms in total. The second-order valence-corrected chi connectivity index (χ2v) is 4.88. The molecule has 0 bridgehead atoms. The Labute approximate surface area is 127 Å². The molecular weight excluding hydrogens is 276 g/mol. The van der Waals surface area contributed by atoms with E-state index >= 15 is 0 Å². The van der Waals surface area contributed by atoms with E-state index in [4.69, 9.17) is 10.5 Å². The van der Waals surface area contributed by atoms with E-state index in [9.17, 15) is 4.79 Å². The van der Waals surface area contributed by atoms with Gasteiger partial charge in [0.2, 0.25) is 5.91 Å². The number of hydrogen-bond donors (Lipinski definition) is 2. The van der Waals surface area contributed by atoms with Crippen molar-refractivity contribution in [3.8, 4) is 5.75 Å². The lowest BCUT2D eigenvalue weighted by Crippen LogP contribution is -2.28. The van der Waals surface area contributed by atoms with Crippen LogP contribution in [0.2, 0.25) is 0 Å². The minimum Gasteiger partial charge on any atom is -0.494 e. The van der Waals surface area contributed by atoms with Crippen LogP contribution >= 0.6 is 12.4 Å². The summed E-state index contributed by atoms with van der Waals surface area (Å²) >= 11 is 0. The summed E-state index contributed by atoms with van der Waals surface area (Å²) in [7, 11) is 0. The van der Waals surface area contributed by atoms with Gasteiger partial charge in [0, 0.05) is 19.0 Å². The van der Waals surface area contributed by atoms with Crippen molar-refractivity contribution in [1.29, 1.82) is 0 Å². The highest BCUT2D eigenvalue weighted by molar-refractivity contribution is 5.85. The van der Waals surface area contributed by atoms with Crippen LogP contribution in [0.1, 0.15) is 31.7 Å².